The molecule has 3 unspecified atom stereocenters. The molecule has 0 amide bonds. The van der Waals surface area contributed by atoms with Gasteiger partial charge >= 0.3 is 0 Å². The van der Waals surface area contributed by atoms with Gasteiger partial charge in [0, 0.05) is 12.3 Å². The Kier molecular flexibility index (Phi) is 18.5. The summed E-state index contributed by atoms with van der Waals surface area (Å²) in [4.78, 5) is 12.1. The smallest absolute Gasteiger partial charge is 0.135 e. The normalized spacial score (nSPS) is 18.8. The third-order valence-corrected chi connectivity index (χ3v) is 7.22. The molecule has 1 saturated carbocycles. The molecule has 1 aliphatic rings. The summed E-state index contributed by atoms with van der Waals surface area (Å²) < 4.78 is 0. The second-order valence-electron chi connectivity index (χ2n) is 10.3. The topological polar surface area (TPSA) is 17.1 Å². The Labute approximate surface area is 212 Å². The average Bonchev–Trinajstić information content (AvgIpc) is 3.32. The van der Waals surface area contributed by atoms with Crippen LogP contribution in [0, 0.1) is 17.8 Å². The Hall–Kier alpha value is -1.63. The van der Waals surface area contributed by atoms with Gasteiger partial charge in [-0.05, 0) is 75.2 Å². The second-order valence-corrected chi connectivity index (χ2v) is 10.3. The molecule has 1 nitrogen and oxygen atoms in total. The molecule has 0 aliphatic heterocycles. The monoisotopic (exact) mass is 466 g/mol. The SMILES string of the molecule is CCCC.CCCCC(C)C(=O)CCC/C=C\CC1CCCC1/C=C/CCCc1ccccc1. The van der Waals surface area contributed by atoms with E-state index in [0.717, 1.165) is 37.5 Å². The van der Waals surface area contributed by atoms with Gasteiger partial charge in [-0.1, -0.05) is 114 Å². The highest BCUT2D eigenvalue weighted by molar-refractivity contribution is 5.80. The van der Waals surface area contributed by atoms with Gasteiger partial charge in [0.2, 0.25) is 0 Å². The summed E-state index contributed by atoms with van der Waals surface area (Å²) in [6.07, 6.45) is 27.5. The molecule has 1 aliphatic carbocycles. The number of aryl methyl sites for hydroxylation is 1. The molecule has 1 aromatic rings. The van der Waals surface area contributed by atoms with Gasteiger partial charge < -0.3 is 0 Å². The lowest BCUT2D eigenvalue weighted by Gasteiger charge is -2.14. The summed E-state index contributed by atoms with van der Waals surface area (Å²) in [5.74, 6) is 2.31. The largest absolute Gasteiger partial charge is 0.299 e. The lowest BCUT2D eigenvalue weighted by Crippen LogP contribution is -2.10. The molecule has 34 heavy (non-hydrogen) atoms. The van der Waals surface area contributed by atoms with Crippen molar-refractivity contribution in [3.8, 4) is 0 Å². The first-order valence-corrected chi connectivity index (χ1v) is 14.5. The van der Waals surface area contributed by atoms with E-state index in [9.17, 15) is 4.79 Å². The zero-order chi connectivity index (χ0) is 24.9. The number of benzene rings is 1. The van der Waals surface area contributed by atoms with Crippen molar-refractivity contribution in [2.45, 2.75) is 124 Å². The van der Waals surface area contributed by atoms with Crippen molar-refractivity contribution in [3.05, 3.63) is 60.2 Å². The van der Waals surface area contributed by atoms with Gasteiger partial charge in [0.05, 0.1) is 0 Å². The number of rotatable bonds is 16. The molecule has 1 fully saturated rings. The zero-order valence-corrected chi connectivity index (χ0v) is 22.9. The molecule has 0 radical (unpaired) electrons. The minimum atomic E-state index is 0.257. The molecule has 0 spiro atoms. The number of unbranched alkanes of at least 4 members (excludes halogenated alkanes) is 4. The maximum Gasteiger partial charge on any atom is 0.135 e. The van der Waals surface area contributed by atoms with Crippen molar-refractivity contribution in [1.82, 2.24) is 0 Å². The number of carbonyl (C=O) groups is 1. The summed E-state index contributed by atoms with van der Waals surface area (Å²) >= 11 is 0. The summed E-state index contributed by atoms with van der Waals surface area (Å²) in [6.45, 7) is 8.65. The third-order valence-electron chi connectivity index (χ3n) is 7.22. The highest BCUT2D eigenvalue weighted by atomic mass is 16.1. The van der Waals surface area contributed by atoms with E-state index in [1.165, 1.54) is 76.2 Å². The summed E-state index contributed by atoms with van der Waals surface area (Å²) in [5, 5.41) is 0. The maximum absolute atomic E-state index is 12.1. The van der Waals surface area contributed by atoms with Gasteiger partial charge in [-0.3, -0.25) is 4.79 Å². The van der Waals surface area contributed by atoms with Crippen molar-refractivity contribution in [3.63, 3.8) is 0 Å². The highest BCUT2D eigenvalue weighted by Crippen LogP contribution is 2.35. The van der Waals surface area contributed by atoms with Crippen LogP contribution in [0.15, 0.2) is 54.6 Å². The maximum atomic E-state index is 12.1. The third kappa shape index (κ3) is 14.6. The molecule has 0 heterocycles. The fraction of sp³-hybridized carbons (Fsp3) is 0.667. The van der Waals surface area contributed by atoms with Crippen molar-refractivity contribution in [2.75, 3.05) is 0 Å². The number of hydrogen-bond acceptors (Lipinski definition) is 1. The van der Waals surface area contributed by atoms with Crippen LogP contribution in [0.1, 0.15) is 123 Å². The second kappa shape index (κ2) is 20.7. The van der Waals surface area contributed by atoms with Crippen molar-refractivity contribution in [2.24, 2.45) is 17.8 Å². The van der Waals surface area contributed by atoms with Gasteiger partial charge in [0.1, 0.15) is 5.78 Å². The van der Waals surface area contributed by atoms with E-state index in [2.05, 4.69) is 82.3 Å². The van der Waals surface area contributed by atoms with Gasteiger partial charge in [-0.25, -0.2) is 0 Å². The van der Waals surface area contributed by atoms with Crippen LogP contribution in [-0.2, 0) is 11.2 Å². The quantitative estimate of drug-likeness (QED) is 0.175. The average molecular weight is 467 g/mol. The Morgan fingerprint density at radius 1 is 0.912 bits per heavy atom. The highest BCUT2D eigenvalue weighted by Gasteiger charge is 2.23. The van der Waals surface area contributed by atoms with Crippen LogP contribution < -0.4 is 0 Å². The van der Waals surface area contributed by atoms with E-state index >= 15 is 0 Å². The molecule has 0 saturated heterocycles. The lowest BCUT2D eigenvalue weighted by atomic mass is 9.91. The van der Waals surface area contributed by atoms with Crippen molar-refractivity contribution >= 4 is 5.78 Å². The van der Waals surface area contributed by atoms with E-state index in [1.54, 1.807) is 0 Å². The molecule has 1 heteroatoms. The van der Waals surface area contributed by atoms with Crippen LogP contribution in [-0.4, -0.2) is 5.78 Å². The fourth-order valence-corrected chi connectivity index (χ4v) is 4.65. The molecule has 0 bridgehead atoms. The van der Waals surface area contributed by atoms with Gasteiger partial charge in [0.25, 0.3) is 0 Å². The van der Waals surface area contributed by atoms with Crippen LogP contribution in [0.4, 0.5) is 0 Å². The molecule has 3 atom stereocenters. The Morgan fingerprint density at radius 2 is 1.65 bits per heavy atom. The molecule has 192 valence electrons. The number of ketones is 1. The summed E-state index contributed by atoms with van der Waals surface area (Å²) in [5.41, 5.74) is 1.45. The Bertz CT molecular complexity index is 654. The molecule has 1 aromatic carbocycles. The molecular weight excluding hydrogens is 412 g/mol. The van der Waals surface area contributed by atoms with Crippen molar-refractivity contribution in [1.29, 1.82) is 0 Å². The van der Waals surface area contributed by atoms with E-state index in [0.29, 0.717) is 5.78 Å². The Morgan fingerprint density at radius 3 is 2.35 bits per heavy atom. The number of hydrogen-bond donors (Lipinski definition) is 0. The van der Waals surface area contributed by atoms with Crippen LogP contribution in [0.5, 0.6) is 0 Å². The van der Waals surface area contributed by atoms with Crippen molar-refractivity contribution < 1.29 is 4.79 Å². The van der Waals surface area contributed by atoms with Crippen LogP contribution in [0.25, 0.3) is 0 Å². The first kappa shape index (κ1) is 30.4. The predicted molar refractivity (Wildman–Crippen MR) is 151 cm³/mol. The minimum Gasteiger partial charge on any atom is -0.299 e. The molecule has 0 aromatic heterocycles. The summed E-state index contributed by atoms with van der Waals surface area (Å²) in [7, 11) is 0. The first-order chi connectivity index (χ1) is 16.6. The van der Waals surface area contributed by atoms with Gasteiger partial charge in [-0.15, -0.1) is 0 Å². The zero-order valence-electron chi connectivity index (χ0n) is 22.9. The molecule has 2 rings (SSSR count). The van der Waals surface area contributed by atoms with E-state index in [4.69, 9.17) is 0 Å². The van der Waals surface area contributed by atoms with E-state index < -0.39 is 0 Å². The first-order valence-electron chi connectivity index (χ1n) is 14.5. The summed E-state index contributed by atoms with van der Waals surface area (Å²) in [6, 6.07) is 10.8. The number of Topliss-reactive ketones (excluding diaryl/α,β-unsaturated/α-hetero) is 1. The van der Waals surface area contributed by atoms with E-state index in [1.807, 2.05) is 0 Å². The van der Waals surface area contributed by atoms with Crippen LogP contribution in [0.2, 0.25) is 0 Å². The van der Waals surface area contributed by atoms with Crippen LogP contribution in [0.3, 0.4) is 0 Å². The van der Waals surface area contributed by atoms with Gasteiger partial charge in [-0.2, -0.15) is 0 Å². The standard InChI is InChI=1S/C29H44O.C4H10/c1-3-4-16-25(2)29(30)24-14-6-5-12-20-27-22-15-23-28(27)21-13-8-11-19-26-17-9-7-10-18-26;1-3-4-2/h5,7,9-10,12-13,17-18,21,25,27-28H,3-4,6,8,11,14-16,19-20,22-24H2,1-2H3;3-4H2,1-2H3/b12-5-,21-13+;. The Balaban J connectivity index is 0.00000133. The van der Waals surface area contributed by atoms with E-state index in [-0.39, 0.29) is 5.92 Å². The van der Waals surface area contributed by atoms with Gasteiger partial charge in [0.15, 0.2) is 0 Å². The number of carbonyl (C=O) groups excluding carboxylic acids is 1. The molecule has 0 N–H and O–H groups in total. The predicted octanol–water partition coefficient (Wildman–Crippen LogP) is 10.3. The molecular formula is C33H54O. The number of allylic oxidation sites excluding steroid dienone is 4. The lowest BCUT2D eigenvalue weighted by molar-refractivity contribution is -0.122. The minimum absolute atomic E-state index is 0.257. The van der Waals surface area contributed by atoms with Crippen LogP contribution >= 0.6 is 0 Å². The fourth-order valence-electron chi connectivity index (χ4n) is 4.65.